The van der Waals surface area contributed by atoms with E-state index in [2.05, 4.69) is 5.32 Å². The molecule has 1 aliphatic rings. The van der Waals surface area contributed by atoms with E-state index in [9.17, 15) is 18.0 Å². The zero-order valence-electron chi connectivity index (χ0n) is 26.6. The van der Waals surface area contributed by atoms with Crippen LogP contribution in [0.4, 0.5) is 5.69 Å². The maximum Gasteiger partial charge on any atom is 0.264 e. The van der Waals surface area contributed by atoms with E-state index in [0.717, 1.165) is 58.7 Å². The molecule has 240 valence electrons. The largest absolute Gasteiger partial charge is 0.352 e. The molecule has 8 heteroatoms. The number of anilines is 1. The lowest BCUT2D eigenvalue weighted by molar-refractivity contribution is -0.140. The van der Waals surface area contributed by atoms with Crippen molar-refractivity contribution in [2.24, 2.45) is 0 Å². The van der Waals surface area contributed by atoms with Gasteiger partial charge in [0.1, 0.15) is 12.6 Å². The molecule has 1 unspecified atom stereocenters. The molecule has 0 bridgehead atoms. The highest BCUT2D eigenvalue weighted by molar-refractivity contribution is 7.92. The molecule has 1 aliphatic carbocycles. The van der Waals surface area contributed by atoms with Crippen LogP contribution in [0.1, 0.15) is 54.4 Å². The summed E-state index contributed by atoms with van der Waals surface area (Å²) in [5, 5.41) is 3.25. The Morgan fingerprint density at radius 1 is 0.739 bits per heavy atom. The Bertz CT molecular complexity index is 1690. The molecular formula is C38H43N3O4S. The first-order valence-corrected chi connectivity index (χ1v) is 17.5. The minimum atomic E-state index is -4.12. The van der Waals surface area contributed by atoms with Gasteiger partial charge in [-0.1, -0.05) is 115 Å². The number of nitrogens with one attached hydrogen (secondary N) is 1. The predicted octanol–water partition coefficient (Wildman–Crippen LogP) is 6.59. The SMILES string of the molecule is Cc1ccc(CN(C(=O)CN(c2ccccc2)S(=O)(=O)c2ccc(C)cc2)C(Cc2ccccc2)C(=O)NC2CCCCC2)cc1. The molecular weight excluding hydrogens is 595 g/mol. The average molecular weight is 638 g/mol. The van der Waals surface area contributed by atoms with E-state index in [1.54, 1.807) is 59.5 Å². The second kappa shape index (κ2) is 15.2. The fourth-order valence-corrected chi connectivity index (χ4v) is 7.36. The van der Waals surface area contributed by atoms with Crippen molar-refractivity contribution in [3.8, 4) is 0 Å². The van der Waals surface area contributed by atoms with Gasteiger partial charge in [0, 0.05) is 19.0 Å². The molecule has 0 aliphatic heterocycles. The molecule has 1 saturated carbocycles. The number of sulfonamides is 1. The van der Waals surface area contributed by atoms with Crippen LogP contribution in [0.3, 0.4) is 0 Å². The van der Waals surface area contributed by atoms with Crippen LogP contribution in [0.2, 0.25) is 0 Å². The van der Waals surface area contributed by atoms with E-state index in [1.807, 2.05) is 68.4 Å². The van der Waals surface area contributed by atoms with Gasteiger partial charge < -0.3 is 10.2 Å². The molecule has 4 aromatic rings. The van der Waals surface area contributed by atoms with Crippen LogP contribution in [0, 0.1) is 13.8 Å². The van der Waals surface area contributed by atoms with Gasteiger partial charge in [-0.05, 0) is 62.1 Å². The first-order chi connectivity index (χ1) is 22.2. The standard InChI is InChI=1S/C38H43N3O4S/c1-29-18-22-32(23-19-29)27-40(36(26-31-12-6-3-7-13-31)38(43)39-33-14-8-4-9-15-33)37(42)28-41(34-16-10-5-11-17-34)46(44,45)35-24-20-30(2)21-25-35/h3,5-7,10-13,16-25,33,36H,4,8-9,14-15,26-28H2,1-2H3,(H,39,43). The van der Waals surface area contributed by atoms with Gasteiger partial charge in [0.15, 0.2) is 0 Å². The third-order valence-electron chi connectivity index (χ3n) is 8.63. The third kappa shape index (κ3) is 8.43. The van der Waals surface area contributed by atoms with Crippen LogP contribution in [-0.4, -0.2) is 43.8 Å². The summed E-state index contributed by atoms with van der Waals surface area (Å²) in [6.07, 6.45) is 5.39. The van der Waals surface area contributed by atoms with E-state index in [-0.39, 0.29) is 23.4 Å². The highest BCUT2D eigenvalue weighted by Crippen LogP contribution is 2.26. The molecule has 4 aromatic carbocycles. The highest BCUT2D eigenvalue weighted by Gasteiger charge is 2.35. The average Bonchev–Trinajstić information content (AvgIpc) is 3.07. The summed E-state index contributed by atoms with van der Waals surface area (Å²) in [5.41, 5.74) is 4.16. The summed E-state index contributed by atoms with van der Waals surface area (Å²) in [6.45, 7) is 3.58. The number of carbonyl (C=O) groups excluding carboxylic acids is 2. The fourth-order valence-electron chi connectivity index (χ4n) is 5.95. The quantitative estimate of drug-likeness (QED) is 0.190. The second-order valence-electron chi connectivity index (χ2n) is 12.2. The molecule has 2 amide bonds. The number of carbonyl (C=O) groups is 2. The van der Waals surface area contributed by atoms with Crippen LogP contribution in [-0.2, 0) is 32.6 Å². The molecule has 0 spiro atoms. The van der Waals surface area contributed by atoms with Gasteiger partial charge in [-0.2, -0.15) is 0 Å². The Balaban J connectivity index is 1.54. The number of aryl methyl sites for hydroxylation is 2. The van der Waals surface area contributed by atoms with Crippen LogP contribution in [0.5, 0.6) is 0 Å². The third-order valence-corrected chi connectivity index (χ3v) is 10.4. The van der Waals surface area contributed by atoms with E-state index >= 15 is 0 Å². The molecule has 0 heterocycles. The maximum atomic E-state index is 14.6. The molecule has 0 saturated heterocycles. The summed E-state index contributed by atoms with van der Waals surface area (Å²) in [6, 6.07) is 32.0. The zero-order valence-corrected chi connectivity index (χ0v) is 27.5. The van der Waals surface area contributed by atoms with Gasteiger partial charge in [-0.25, -0.2) is 8.42 Å². The van der Waals surface area contributed by atoms with E-state index in [4.69, 9.17) is 0 Å². The van der Waals surface area contributed by atoms with E-state index < -0.39 is 28.5 Å². The van der Waals surface area contributed by atoms with Gasteiger partial charge in [-0.3, -0.25) is 13.9 Å². The lowest BCUT2D eigenvalue weighted by Gasteiger charge is -2.35. The minimum Gasteiger partial charge on any atom is -0.352 e. The predicted molar refractivity (Wildman–Crippen MR) is 183 cm³/mol. The molecule has 5 rings (SSSR count). The van der Waals surface area contributed by atoms with Crippen LogP contribution in [0.25, 0.3) is 0 Å². The highest BCUT2D eigenvalue weighted by atomic mass is 32.2. The minimum absolute atomic E-state index is 0.0542. The first-order valence-electron chi connectivity index (χ1n) is 16.0. The van der Waals surface area contributed by atoms with Crippen molar-refractivity contribution in [2.45, 2.75) is 75.9 Å². The summed E-state index contributed by atoms with van der Waals surface area (Å²) in [5.74, 6) is -0.677. The van der Waals surface area contributed by atoms with Crippen molar-refractivity contribution < 1.29 is 18.0 Å². The second-order valence-corrected chi connectivity index (χ2v) is 14.1. The lowest BCUT2D eigenvalue weighted by Crippen LogP contribution is -2.55. The van der Waals surface area contributed by atoms with Crippen LogP contribution < -0.4 is 9.62 Å². The molecule has 1 N–H and O–H groups in total. The number of benzene rings is 4. The Morgan fingerprint density at radius 2 is 1.30 bits per heavy atom. The van der Waals surface area contributed by atoms with Crippen molar-refractivity contribution in [2.75, 3.05) is 10.8 Å². The normalized spacial score (nSPS) is 14.3. The number of amides is 2. The van der Waals surface area contributed by atoms with Crippen LogP contribution in [0.15, 0.2) is 114 Å². The van der Waals surface area contributed by atoms with Gasteiger partial charge >= 0.3 is 0 Å². The Kier molecular flexibility index (Phi) is 10.9. The van der Waals surface area contributed by atoms with E-state index in [1.165, 1.54) is 0 Å². The molecule has 7 nitrogen and oxygen atoms in total. The number of nitrogens with zero attached hydrogens (tertiary/aromatic N) is 2. The summed E-state index contributed by atoms with van der Waals surface area (Å²) >= 11 is 0. The first kappa shape index (κ1) is 32.9. The fraction of sp³-hybridized carbons (Fsp3) is 0.316. The molecule has 46 heavy (non-hydrogen) atoms. The Hall–Kier alpha value is -4.43. The molecule has 1 atom stereocenters. The van der Waals surface area contributed by atoms with Crippen molar-refractivity contribution in [1.82, 2.24) is 10.2 Å². The summed E-state index contributed by atoms with van der Waals surface area (Å²) in [4.78, 5) is 30.4. The van der Waals surface area contributed by atoms with E-state index in [0.29, 0.717) is 12.1 Å². The lowest BCUT2D eigenvalue weighted by atomic mass is 9.94. The van der Waals surface area contributed by atoms with Crippen molar-refractivity contribution in [3.05, 3.63) is 131 Å². The molecule has 1 fully saturated rings. The van der Waals surface area contributed by atoms with Crippen molar-refractivity contribution in [1.29, 1.82) is 0 Å². The molecule has 0 radical (unpaired) electrons. The van der Waals surface area contributed by atoms with Gasteiger partial charge in [0.2, 0.25) is 11.8 Å². The topological polar surface area (TPSA) is 86.8 Å². The Morgan fingerprint density at radius 3 is 1.91 bits per heavy atom. The number of rotatable bonds is 12. The van der Waals surface area contributed by atoms with Gasteiger partial charge in [-0.15, -0.1) is 0 Å². The summed E-state index contributed by atoms with van der Waals surface area (Å²) < 4.78 is 29.4. The van der Waals surface area contributed by atoms with Crippen LogP contribution >= 0.6 is 0 Å². The summed E-state index contributed by atoms with van der Waals surface area (Å²) in [7, 11) is -4.12. The monoisotopic (exact) mass is 637 g/mol. The van der Waals surface area contributed by atoms with Crippen molar-refractivity contribution in [3.63, 3.8) is 0 Å². The van der Waals surface area contributed by atoms with Crippen molar-refractivity contribution >= 4 is 27.5 Å². The Labute approximate surface area is 273 Å². The zero-order chi connectivity index (χ0) is 32.5. The number of para-hydroxylation sites is 1. The van der Waals surface area contributed by atoms with Gasteiger partial charge in [0.05, 0.1) is 10.6 Å². The molecule has 0 aromatic heterocycles. The maximum absolute atomic E-state index is 14.6. The number of hydrogen-bond acceptors (Lipinski definition) is 4. The van der Waals surface area contributed by atoms with Gasteiger partial charge in [0.25, 0.3) is 10.0 Å². The smallest absolute Gasteiger partial charge is 0.264 e. The number of hydrogen-bond donors (Lipinski definition) is 1.